The van der Waals surface area contributed by atoms with Gasteiger partial charge in [0.05, 0.1) is 39.4 Å². The van der Waals surface area contributed by atoms with Gasteiger partial charge in [0.15, 0.2) is 17.5 Å². The van der Waals surface area contributed by atoms with Crippen molar-refractivity contribution in [2.75, 3.05) is 33.0 Å². The molecule has 0 radical (unpaired) electrons. The summed E-state index contributed by atoms with van der Waals surface area (Å²) in [6.07, 6.45) is 0. The molecular weight excluding hydrogens is 271 g/mol. The minimum Gasteiger partial charge on any atom is -0.330 e. The lowest BCUT2D eigenvalue weighted by atomic mass is 10.2. The van der Waals surface area contributed by atoms with Crippen molar-refractivity contribution in [2.24, 2.45) is 0 Å². The van der Waals surface area contributed by atoms with Crippen molar-refractivity contribution in [3.8, 4) is 0 Å². The molecule has 1 aromatic carbocycles. The number of hydrogen-bond acceptors (Lipinski definition) is 1. The largest absolute Gasteiger partial charge is 0.330 e. The second kappa shape index (κ2) is 6.13. The van der Waals surface area contributed by atoms with Gasteiger partial charge in [-0.05, 0) is 19.1 Å². The maximum Gasteiger partial charge on any atom is 0.319 e. The summed E-state index contributed by atoms with van der Waals surface area (Å²) in [5.74, 6) is -4.33. The molecule has 0 saturated heterocycles. The molecule has 0 aliphatic carbocycles. The van der Waals surface area contributed by atoms with Crippen molar-refractivity contribution in [1.82, 2.24) is 5.32 Å². The smallest absolute Gasteiger partial charge is 0.319 e. The number of hydrogen-bond donors (Lipinski definition) is 2. The molecule has 0 heterocycles. The molecule has 20 heavy (non-hydrogen) atoms. The van der Waals surface area contributed by atoms with E-state index in [0.717, 1.165) is 12.1 Å². The second-order valence-electron chi connectivity index (χ2n) is 5.70. The number of carbonyl (C=O) groups is 1. The zero-order valence-corrected chi connectivity index (χ0v) is 11.9. The lowest BCUT2D eigenvalue weighted by Crippen LogP contribution is -2.48. The van der Waals surface area contributed by atoms with E-state index in [2.05, 4.69) is 10.6 Å². The molecule has 0 saturated carbocycles. The van der Waals surface area contributed by atoms with Crippen LogP contribution in [0.15, 0.2) is 12.1 Å². The van der Waals surface area contributed by atoms with Gasteiger partial charge >= 0.3 is 6.03 Å². The number of rotatable bonds is 4. The number of likely N-dealkylation sites (N-methyl/N-ethyl adjacent to an activating group) is 1. The van der Waals surface area contributed by atoms with Gasteiger partial charge in [0, 0.05) is 0 Å². The average molecular weight is 290 g/mol. The van der Waals surface area contributed by atoms with Gasteiger partial charge in [-0.2, -0.15) is 0 Å². The number of quaternary nitrogens is 1. The lowest BCUT2D eigenvalue weighted by molar-refractivity contribution is -0.871. The van der Waals surface area contributed by atoms with Crippen LogP contribution in [0.1, 0.15) is 6.92 Å². The van der Waals surface area contributed by atoms with Gasteiger partial charge in [-0.25, -0.2) is 18.0 Å². The van der Waals surface area contributed by atoms with Crippen LogP contribution in [0.4, 0.5) is 23.7 Å². The van der Waals surface area contributed by atoms with Crippen LogP contribution in [0, 0.1) is 17.5 Å². The minimum atomic E-state index is -1.61. The van der Waals surface area contributed by atoms with E-state index in [4.69, 9.17) is 0 Å². The highest BCUT2D eigenvalue weighted by Crippen LogP contribution is 2.19. The molecule has 1 atom stereocenters. The highest BCUT2D eigenvalue weighted by atomic mass is 19.2. The first-order valence-electron chi connectivity index (χ1n) is 6.11. The van der Waals surface area contributed by atoms with Crippen molar-refractivity contribution in [1.29, 1.82) is 0 Å². The molecule has 0 aromatic heterocycles. The Kier molecular flexibility index (Phi) is 4.99. The van der Waals surface area contributed by atoms with E-state index in [-0.39, 0.29) is 6.04 Å². The van der Waals surface area contributed by atoms with Gasteiger partial charge < -0.3 is 15.1 Å². The maximum absolute atomic E-state index is 13.4. The van der Waals surface area contributed by atoms with Crippen LogP contribution in [0.25, 0.3) is 0 Å². The van der Waals surface area contributed by atoms with E-state index in [1.54, 1.807) is 6.92 Å². The van der Waals surface area contributed by atoms with Crippen molar-refractivity contribution in [3.05, 3.63) is 29.6 Å². The van der Waals surface area contributed by atoms with Crippen molar-refractivity contribution >= 4 is 11.7 Å². The molecule has 4 nitrogen and oxygen atoms in total. The molecule has 0 fully saturated rings. The standard InChI is InChI=1S/C13H18F3N3O/c1-8(7-19(2,3)4)17-13(20)18-10-6-5-9(14)11(15)12(10)16/h5-6,8H,7H2,1-4H3,(H-,17,18,20)/p+1. The Hall–Kier alpha value is -1.76. The third-order valence-electron chi connectivity index (χ3n) is 2.48. The summed E-state index contributed by atoms with van der Waals surface area (Å²) in [5, 5.41) is 4.75. The van der Waals surface area contributed by atoms with Gasteiger partial charge in [0.25, 0.3) is 0 Å². The number of anilines is 1. The molecule has 1 aromatic rings. The number of nitrogens with zero attached hydrogens (tertiary/aromatic N) is 1. The Morgan fingerprint density at radius 1 is 1.20 bits per heavy atom. The predicted molar refractivity (Wildman–Crippen MR) is 70.8 cm³/mol. The fourth-order valence-corrected chi connectivity index (χ4v) is 1.87. The molecule has 0 bridgehead atoms. The molecule has 0 aliphatic rings. The van der Waals surface area contributed by atoms with Crippen LogP contribution in [-0.2, 0) is 0 Å². The minimum absolute atomic E-state index is 0.164. The third-order valence-corrected chi connectivity index (χ3v) is 2.48. The molecule has 0 spiro atoms. The zero-order valence-electron chi connectivity index (χ0n) is 11.9. The molecule has 2 amide bonds. The quantitative estimate of drug-likeness (QED) is 0.648. The maximum atomic E-state index is 13.4. The number of urea groups is 1. The number of halogens is 3. The summed E-state index contributed by atoms with van der Waals surface area (Å²) in [5.41, 5.74) is -0.404. The molecule has 112 valence electrons. The number of carbonyl (C=O) groups excluding carboxylic acids is 1. The average Bonchev–Trinajstić information content (AvgIpc) is 2.27. The van der Waals surface area contributed by atoms with E-state index in [1.807, 2.05) is 21.1 Å². The van der Waals surface area contributed by atoms with Gasteiger partial charge in [0.1, 0.15) is 0 Å². The number of benzene rings is 1. The van der Waals surface area contributed by atoms with E-state index in [9.17, 15) is 18.0 Å². The van der Waals surface area contributed by atoms with Crippen LogP contribution in [-0.4, -0.2) is 44.2 Å². The Labute approximate surface area is 116 Å². The van der Waals surface area contributed by atoms with Crippen molar-refractivity contribution in [3.63, 3.8) is 0 Å². The van der Waals surface area contributed by atoms with Gasteiger partial charge in [-0.1, -0.05) is 0 Å². The highest BCUT2D eigenvalue weighted by molar-refractivity contribution is 5.89. The van der Waals surface area contributed by atoms with E-state index < -0.39 is 29.2 Å². The molecule has 0 aliphatic heterocycles. The summed E-state index contributed by atoms with van der Waals surface area (Å²) >= 11 is 0. The summed E-state index contributed by atoms with van der Waals surface area (Å²) in [4.78, 5) is 11.6. The van der Waals surface area contributed by atoms with Gasteiger partial charge in [0.2, 0.25) is 0 Å². The topological polar surface area (TPSA) is 41.1 Å². The first-order chi connectivity index (χ1) is 9.10. The number of nitrogens with one attached hydrogen (secondary N) is 2. The van der Waals surface area contributed by atoms with Crippen molar-refractivity contribution < 1.29 is 22.4 Å². The third kappa shape index (κ3) is 4.73. The Balaban J connectivity index is 2.66. The van der Waals surface area contributed by atoms with Gasteiger partial charge in [-0.15, -0.1) is 0 Å². The van der Waals surface area contributed by atoms with E-state index in [1.165, 1.54) is 0 Å². The summed E-state index contributed by atoms with van der Waals surface area (Å²) in [7, 11) is 5.89. The second-order valence-corrected chi connectivity index (χ2v) is 5.70. The van der Waals surface area contributed by atoms with Crippen LogP contribution in [0.2, 0.25) is 0 Å². The molecule has 1 unspecified atom stereocenters. The predicted octanol–water partition coefficient (Wildman–Crippen LogP) is 2.32. The summed E-state index contributed by atoms with van der Waals surface area (Å²) in [6, 6.07) is 0.889. The van der Waals surface area contributed by atoms with Crippen LogP contribution in [0.5, 0.6) is 0 Å². The number of amides is 2. The highest BCUT2D eigenvalue weighted by Gasteiger charge is 2.18. The van der Waals surface area contributed by atoms with Gasteiger partial charge in [-0.3, -0.25) is 0 Å². The Bertz CT molecular complexity index is 500. The molecular formula is C13H19F3N3O+. The summed E-state index contributed by atoms with van der Waals surface area (Å²) < 4.78 is 39.8. The van der Waals surface area contributed by atoms with Crippen LogP contribution in [0.3, 0.4) is 0 Å². The monoisotopic (exact) mass is 290 g/mol. The van der Waals surface area contributed by atoms with Crippen LogP contribution >= 0.6 is 0 Å². The summed E-state index contributed by atoms with van der Waals surface area (Å²) in [6.45, 7) is 2.46. The SMILES string of the molecule is CC(C[N+](C)(C)C)NC(=O)Nc1ccc(F)c(F)c1F. The zero-order chi connectivity index (χ0) is 15.5. The van der Waals surface area contributed by atoms with Crippen LogP contribution < -0.4 is 10.6 Å². The lowest BCUT2D eigenvalue weighted by Gasteiger charge is -2.27. The first-order valence-corrected chi connectivity index (χ1v) is 6.11. The first kappa shape index (κ1) is 16.3. The molecule has 7 heteroatoms. The fraction of sp³-hybridized carbons (Fsp3) is 0.462. The molecule has 2 N–H and O–H groups in total. The van der Waals surface area contributed by atoms with Crippen molar-refractivity contribution in [2.45, 2.75) is 13.0 Å². The Morgan fingerprint density at radius 3 is 2.35 bits per heavy atom. The van der Waals surface area contributed by atoms with E-state index >= 15 is 0 Å². The van der Waals surface area contributed by atoms with E-state index in [0.29, 0.717) is 11.0 Å². The molecule has 1 rings (SSSR count). The fourth-order valence-electron chi connectivity index (χ4n) is 1.87. The normalized spacial score (nSPS) is 12.9. The Morgan fingerprint density at radius 2 is 1.80 bits per heavy atom.